The van der Waals surface area contributed by atoms with Gasteiger partial charge in [0.15, 0.2) is 0 Å². The van der Waals surface area contributed by atoms with Crippen LogP contribution in [0.15, 0.2) is 22.7 Å². The van der Waals surface area contributed by atoms with Crippen LogP contribution >= 0.6 is 15.9 Å². The van der Waals surface area contributed by atoms with Gasteiger partial charge in [0.25, 0.3) is 0 Å². The largest absolute Gasteiger partial charge is 0.383 e. The summed E-state index contributed by atoms with van der Waals surface area (Å²) >= 11 is 3.48. The normalized spacial score (nSPS) is 20.6. The second-order valence-corrected chi connectivity index (χ2v) is 4.57. The number of methoxy groups -OCH3 is 1. The number of ether oxygens (including phenoxy) is 1. The summed E-state index contributed by atoms with van der Waals surface area (Å²) in [4.78, 5) is 0. The summed E-state index contributed by atoms with van der Waals surface area (Å²) in [6.45, 7) is 1.73. The molecule has 3 heteroatoms. The lowest BCUT2D eigenvalue weighted by molar-refractivity contribution is 0.162. The van der Waals surface area contributed by atoms with Crippen molar-refractivity contribution in [3.8, 4) is 0 Å². The maximum atomic E-state index is 5.15. The Labute approximate surface area is 92.8 Å². The zero-order valence-corrected chi connectivity index (χ0v) is 9.80. The van der Waals surface area contributed by atoms with Gasteiger partial charge in [-0.25, -0.2) is 0 Å². The highest BCUT2D eigenvalue weighted by atomic mass is 79.9. The maximum absolute atomic E-state index is 5.15. The number of hydrogen-bond acceptors (Lipinski definition) is 2. The Morgan fingerprint density at radius 3 is 3.14 bits per heavy atom. The molecule has 0 saturated carbocycles. The molecule has 2 rings (SSSR count). The quantitative estimate of drug-likeness (QED) is 0.875. The van der Waals surface area contributed by atoms with Crippen LogP contribution in [0, 0.1) is 0 Å². The Balaban J connectivity index is 2.15. The van der Waals surface area contributed by atoms with Gasteiger partial charge in [-0.05, 0) is 29.7 Å². The predicted molar refractivity (Wildman–Crippen MR) is 60.3 cm³/mol. The van der Waals surface area contributed by atoms with Gasteiger partial charge in [-0.15, -0.1) is 0 Å². The van der Waals surface area contributed by atoms with Crippen LogP contribution < -0.4 is 5.32 Å². The number of nitrogens with one attached hydrogen (secondary N) is 1. The molecule has 76 valence electrons. The Hall–Kier alpha value is -0.380. The van der Waals surface area contributed by atoms with Crippen LogP contribution in [0.5, 0.6) is 0 Å². The average molecular weight is 256 g/mol. The van der Waals surface area contributed by atoms with Gasteiger partial charge in [0.05, 0.1) is 6.61 Å². The highest BCUT2D eigenvalue weighted by Gasteiger charge is 2.17. The molecule has 0 bridgehead atoms. The van der Waals surface area contributed by atoms with Gasteiger partial charge in [0.2, 0.25) is 0 Å². The summed E-state index contributed by atoms with van der Waals surface area (Å²) in [5.74, 6) is 0. The van der Waals surface area contributed by atoms with Crippen molar-refractivity contribution in [2.45, 2.75) is 19.0 Å². The number of hydrogen-bond donors (Lipinski definition) is 1. The SMILES string of the molecule is COCC1Cc2ccc(Br)cc2CN1. The molecule has 0 radical (unpaired) electrons. The van der Waals surface area contributed by atoms with Crippen LogP contribution in [0.3, 0.4) is 0 Å². The van der Waals surface area contributed by atoms with E-state index in [1.165, 1.54) is 11.1 Å². The Morgan fingerprint density at radius 2 is 2.36 bits per heavy atom. The summed E-state index contributed by atoms with van der Waals surface area (Å²) in [6, 6.07) is 6.95. The molecule has 1 N–H and O–H groups in total. The van der Waals surface area contributed by atoms with Gasteiger partial charge in [0, 0.05) is 24.2 Å². The minimum Gasteiger partial charge on any atom is -0.383 e. The molecule has 1 unspecified atom stereocenters. The zero-order valence-electron chi connectivity index (χ0n) is 8.22. The van der Waals surface area contributed by atoms with Crippen LogP contribution in [0.2, 0.25) is 0 Å². The first kappa shape index (κ1) is 10.1. The Kier molecular flexibility index (Phi) is 3.21. The zero-order chi connectivity index (χ0) is 9.97. The fourth-order valence-corrected chi connectivity index (χ4v) is 2.28. The number of benzene rings is 1. The van der Waals surface area contributed by atoms with Gasteiger partial charge in [0.1, 0.15) is 0 Å². The molecule has 0 saturated heterocycles. The first-order chi connectivity index (χ1) is 6.79. The molecule has 1 aliphatic rings. The molecule has 0 spiro atoms. The van der Waals surface area contributed by atoms with E-state index in [9.17, 15) is 0 Å². The van der Waals surface area contributed by atoms with Crippen molar-refractivity contribution in [3.63, 3.8) is 0 Å². The molecule has 1 atom stereocenters. The molecule has 1 aromatic rings. The molecule has 1 aromatic carbocycles. The van der Waals surface area contributed by atoms with Gasteiger partial charge >= 0.3 is 0 Å². The van der Waals surface area contributed by atoms with E-state index in [1.807, 2.05) is 0 Å². The minimum absolute atomic E-state index is 0.466. The van der Waals surface area contributed by atoms with E-state index in [4.69, 9.17) is 4.74 Å². The van der Waals surface area contributed by atoms with Crippen LogP contribution in [-0.4, -0.2) is 19.8 Å². The lowest BCUT2D eigenvalue weighted by Gasteiger charge is -2.25. The van der Waals surface area contributed by atoms with E-state index in [0.29, 0.717) is 6.04 Å². The Morgan fingerprint density at radius 1 is 1.50 bits per heavy atom. The van der Waals surface area contributed by atoms with Gasteiger partial charge < -0.3 is 10.1 Å². The van der Waals surface area contributed by atoms with Crippen molar-refractivity contribution in [2.75, 3.05) is 13.7 Å². The van der Waals surface area contributed by atoms with Crippen molar-refractivity contribution in [1.29, 1.82) is 0 Å². The fraction of sp³-hybridized carbons (Fsp3) is 0.455. The molecule has 1 heterocycles. The molecular weight excluding hydrogens is 242 g/mol. The van der Waals surface area contributed by atoms with Crippen LogP contribution in [-0.2, 0) is 17.7 Å². The highest BCUT2D eigenvalue weighted by molar-refractivity contribution is 9.10. The minimum atomic E-state index is 0.466. The first-order valence-corrected chi connectivity index (χ1v) is 5.58. The van der Waals surface area contributed by atoms with Crippen molar-refractivity contribution >= 4 is 15.9 Å². The lowest BCUT2D eigenvalue weighted by Crippen LogP contribution is -2.38. The summed E-state index contributed by atoms with van der Waals surface area (Å²) in [5, 5.41) is 3.46. The smallest absolute Gasteiger partial charge is 0.0619 e. The van der Waals surface area contributed by atoms with E-state index in [0.717, 1.165) is 24.0 Å². The number of rotatable bonds is 2. The number of halogens is 1. The molecular formula is C11H14BrNO. The molecule has 2 nitrogen and oxygen atoms in total. The summed E-state index contributed by atoms with van der Waals surface area (Å²) in [7, 11) is 1.75. The second kappa shape index (κ2) is 4.43. The summed E-state index contributed by atoms with van der Waals surface area (Å²) in [5.41, 5.74) is 2.83. The van der Waals surface area contributed by atoms with E-state index < -0.39 is 0 Å². The topological polar surface area (TPSA) is 21.3 Å². The molecule has 0 amide bonds. The van der Waals surface area contributed by atoms with Crippen molar-refractivity contribution in [2.24, 2.45) is 0 Å². The first-order valence-electron chi connectivity index (χ1n) is 4.79. The van der Waals surface area contributed by atoms with Crippen LogP contribution in [0.25, 0.3) is 0 Å². The molecule has 0 fully saturated rings. The predicted octanol–water partition coefficient (Wildman–Crippen LogP) is 2.11. The average Bonchev–Trinajstić information content (AvgIpc) is 2.19. The Bertz CT molecular complexity index is 327. The third kappa shape index (κ3) is 2.16. The van der Waals surface area contributed by atoms with Crippen molar-refractivity contribution in [3.05, 3.63) is 33.8 Å². The highest BCUT2D eigenvalue weighted by Crippen LogP contribution is 2.21. The van der Waals surface area contributed by atoms with Gasteiger partial charge in [-0.2, -0.15) is 0 Å². The van der Waals surface area contributed by atoms with Crippen LogP contribution in [0.4, 0.5) is 0 Å². The van der Waals surface area contributed by atoms with E-state index in [2.05, 4.69) is 39.4 Å². The van der Waals surface area contributed by atoms with E-state index in [1.54, 1.807) is 7.11 Å². The molecule has 0 aliphatic carbocycles. The summed E-state index contributed by atoms with van der Waals surface area (Å²) in [6.07, 6.45) is 1.07. The number of fused-ring (bicyclic) bond motifs is 1. The van der Waals surface area contributed by atoms with E-state index >= 15 is 0 Å². The monoisotopic (exact) mass is 255 g/mol. The summed E-state index contributed by atoms with van der Waals surface area (Å²) < 4.78 is 6.30. The van der Waals surface area contributed by atoms with Crippen molar-refractivity contribution in [1.82, 2.24) is 5.32 Å². The fourth-order valence-electron chi connectivity index (χ4n) is 1.87. The standard InChI is InChI=1S/C11H14BrNO/c1-14-7-11-5-8-2-3-10(12)4-9(8)6-13-11/h2-4,11,13H,5-7H2,1H3. The molecule has 0 aromatic heterocycles. The van der Waals surface area contributed by atoms with Crippen molar-refractivity contribution < 1.29 is 4.74 Å². The maximum Gasteiger partial charge on any atom is 0.0619 e. The van der Waals surface area contributed by atoms with Gasteiger partial charge in [-0.3, -0.25) is 0 Å². The molecule has 1 aliphatic heterocycles. The van der Waals surface area contributed by atoms with Crippen LogP contribution in [0.1, 0.15) is 11.1 Å². The third-order valence-electron chi connectivity index (χ3n) is 2.58. The molecule has 14 heavy (non-hydrogen) atoms. The van der Waals surface area contributed by atoms with E-state index in [-0.39, 0.29) is 0 Å². The second-order valence-electron chi connectivity index (χ2n) is 3.65. The third-order valence-corrected chi connectivity index (χ3v) is 3.08. The lowest BCUT2D eigenvalue weighted by atomic mass is 9.96. The van der Waals surface area contributed by atoms with Gasteiger partial charge in [-0.1, -0.05) is 22.0 Å².